The van der Waals surface area contributed by atoms with Crippen LogP contribution in [0.25, 0.3) is 0 Å². The summed E-state index contributed by atoms with van der Waals surface area (Å²) in [7, 11) is 1.60. The van der Waals surface area contributed by atoms with E-state index in [4.69, 9.17) is 9.47 Å². The SMILES string of the molecule is COc1ccc(C)cc1CCOc1ccc(C(F)(F)F)cc1. The molecule has 2 rings (SSSR count). The van der Waals surface area contributed by atoms with Crippen molar-refractivity contribution in [3.8, 4) is 11.5 Å². The van der Waals surface area contributed by atoms with Crippen molar-refractivity contribution in [2.45, 2.75) is 19.5 Å². The molecule has 0 saturated heterocycles. The van der Waals surface area contributed by atoms with E-state index in [1.807, 2.05) is 25.1 Å². The zero-order valence-corrected chi connectivity index (χ0v) is 12.4. The van der Waals surface area contributed by atoms with E-state index in [1.165, 1.54) is 12.1 Å². The number of ether oxygens (including phenoxy) is 2. The van der Waals surface area contributed by atoms with E-state index in [9.17, 15) is 13.2 Å². The van der Waals surface area contributed by atoms with E-state index in [1.54, 1.807) is 7.11 Å². The second-order valence-corrected chi connectivity index (χ2v) is 4.94. The Hall–Kier alpha value is -2.17. The summed E-state index contributed by atoms with van der Waals surface area (Å²) in [4.78, 5) is 0. The second-order valence-electron chi connectivity index (χ2n) is 4.94. The summed E-state index contributed by atoms with van der Waals surface area (Å²) < 4.78 is 48.1. The van der Waals surface area contributed by atoms with Crippen molar-refractivity contribution < 1.29 is 22.6 Å². The van der Waals surface area contributed by atoms with Crippen molar-refractivity contribution in [1.82, 2.24) is 0 Å². The van der Waals surface area contributed by atoms with Crippen LogP contribution in [0.4, 0.5) is 13.2 Å². The van der Waals surface area contributed by atoms with Gasteiger partial charge in [0.2, 0.25) is 0 Å². The number of benzene rings is 2. The number of aryl methyl sites for hydroxylation is 1. The molecule has 2 nitrogen and oxygen atoms in total. The van der Waals surface area contributed by atoms with Crippen LogP contribution < -0.4 is 9.47 Å². The molecule has 0 spiro atoms. The number of rotatable bonds is 5. The van der Waals surface area contributed by atoms with Gasteiger partial charge in [-0.05, 0) is 42.8 Å². The molecular weight excluding hydrogens is 293 g/mol. The molecule has 0 aromatic heterocycles. The molecule has 0 fully saturated rings. The third-order valence-electron chi connectivity index (χ3n) is 3.26. The van der Waals surface area contributed by atoms with Gasteiger partial charge < -0.3 is 9.47 Å². The summed E-state index contributed by atoms with van der Waals surface area (Å²) in [5.74, 6) is 1.20. The molecule has 0 aliphatic rings. The van der Waals surface area contributed by atoms with Gasteiger partial charge in [0.15, 0.2) is 0 Å². The zero-order valence-electron chi connectivity index (χ0n) is 12.4. The molecule has 0 heterocycles. The van der Waals surface area contributed by atoms with Gasteiger partial charge in [-0.15, -0.1) is 0 Å². The predicted molar refractivity (Wildman–Crippen MR) is 78.4 cm³/mol. The highest BCUT2D eigenvalue weighted by Gasteiger charge is 2.29. The van der Waals surface area contributed by atoms with Crippen molar-refractivity contribution in [3.05, 3.63) is 59.2 Å². The number of alkyl halides is 3. The summed E-state index contributed by atoms with van der Waals surface area (Å²) in [5, 5.41) is 0. The van der Waals surface area contributed by atoms with Gasteiger partial charge in [-0.25, -0.2) is 0 Å². The maximum absolute atomic E-state index is 12.5. The van der Waals surface area contributed by atoms with Gasteiger partial charge in [-0.1, -0.05) is 17.7 Å². The number of halogens is 3. The van der Waals surface area contributed by atoms with Crippen molar-refractivity contribution in [3.63, 3.8) is 0 Å². The molecule has 0 bridgehead atoms. The lowest BCUT2D eigenvalue weighted by Crippen LogP contribution is -2.06. The molecular formula is C17H17F3O2. The maximum atomic E-state index is 12.5. The van der Waals surface area contributed by atoms with Crippen molar-refractivity contribution in [1.29, 1.82) is 0 Å². The zero-order chi connectivity index (χ0) is 16.2. The Morgan fingerprint density at radius 1 is 1.00 bits per heavy atom. The van der Waals surface area contributed by atoms with Crippen LogP contribution in [-0.2, 0) is 12.6 Å². The lowest BCUT2D eigenvalue weighted by Gasteiger charge is -2.11. The van der Waals surface area contributed by atoms with Crippen molar-refractivity contribution in [2.75, 3.05) is 13.7 Å². The maximum Gasteiger partial charge on any atom is 0.416 e. The molecule has 5 heteroatoms. The largest absolute Gasteiger partial charge is 0.496 e. The van der Waals surface area contributed by atoms with Crippen LogP contribution in [-0.4, -0.2) is 13.7 Å². The normalized spacial score (nSPS) is 11.3. The second kappa shape index (κ2) is 6.73. The molecule has 118 valence electrons. The fourth-order valence-electron chi connectivity index (χ4n) is 2.12. The first kappa shape index (κ1) is 16.2. The average Bonchev–Trinajstić information content (AvgIpc) is 2.47. The highest BCUT2D eigenvalue weighted by atomic mass is 19.4. The highest BCUT2D eigenvalue weighted by molar-refractivity contribution is 5.37. The Bertz CT molecular complexity index is 619. The quantitative estimate of drug-likeness (QED) is 0.800. The molecule has 2 aromatic rings. The third kappa shape index (κ3) is 4.16. The molecule has 0 atom stereocenters. The lowest BCUT2D eigenvalue weighted by molar-refractivity contribution is -0.137. The van der Waals surface area contributed by atoms with Gasteiger partial charge >= 0.3 is 6.18 Å². The van der Waals surface area contributed by atoms with Crippen LogP contribution in [0.3, 0.4) is 0 Å². The van der Waals surface area contributed by atoms with E-state index in [0.717, 1.165) is 29.0 Å². The highest BCUT2D eigenvalue weighted by Crippen LogP contribution is 2.30. The van der Waals surface area contributed by atoms with Crippen molar-refractivity contribution >= 4 is 0 Å². The standard InChI is InChI=1S/C17H17F3O2/c1-12-3-8-16(21-2)13(11-12)9-10-22-15-6-4-14(5-7-15)17(18,19)20/h3-8,11H,9-10H2,1-2H3. The number of methoxy groups -OCH3 is 1. The van der Waals surface area contributed by atoms with Gasteiger partial charge in [0, 0.05) is 6.42 Å². The summed E-state index contributed by atoms with van der Waals surface area (Å²) in [6, 6.07) is 10.6. The van der Waals surface area contributed by atoms with E-state index in [2.05, 4.69) is 0 Å². The molecule has 0 N–H and O–H groups in total. The van der Waals surface area contributed by atoms with Gasteiger partial charge in [0.25, 0.3) is 0 Å². The van der Waals surface area contributed by atoms with Crippen molar-refractivity contribution in [2.24, 2.45) is 0 Å². The summed E-state index contributed by atoms with van der Waals surface area (Å²) in [5.41, 5.74) is 1.44. The first-order valence-corrected chi connectivity index (χ1v) is 6.84. The minimum Gasteiger partial charge on any atom is -0.496 e. The van der Waals surface area contributed by atoms with Crippen LogP contribution >= 0.6 is 0 Å². The fraction of sp³-hybridized carbons (Fsp3) is 0.294. The van der Waals surface area contributed by atoms with E-state index in [0.29, 0.717) is 18.8 Å². The average molecular weight is 310 g/mol. The Kier molecular flexibility index (Phi) is 4.96. The predicted octanol–water partition coefficient (Wildman–Crippen LogP) is 4.64. The molecule has 0 unspecified atom stereocenters. The molecule has 2 aromatic carbocycles. The Balaban J connectivity index is 1.95. The Labute approximate surface area is 127 Å². The number of hydrogen-bond donors (Lipinski definition) is 0. The van der Waals surface area contributed by atoms with Gasteiger partial charge in [-0.2, -0.15) is 13.2 Å². The summed E-state index contributed by atoms with van der Waals surface area (Å²) in [6.07, 6.45) is -3.71. The Morgan fingerprint density at radius 2 is 1.68 bits per heavy atom. The van der Waals surface area contributed by atoms with Crippen LogP contribution in [0, 0.1) is 6.92 Å². The van der Waals surface area contributed by atoms with E-state index < -0.39 is 11.7 Å². The summed E-state index contributed by atoms with van der Waals surface area (Å²) in [6.45, 7) is 2.35. The van der Waals surface area contributed by atoms with Crippen LogP contribution in [0.5, 0.6) is 11.5 Å². The topological polar surface area (TPSA) is 18.5 Å². The number of hydrogen-bond acceptors (Lipinski definition) is 2. The first-order valence-electron chi connectivity index (χ1n) is 6.84. The summed E-state index contributed by atoms with van der Waals surface area (Å²) >= 11 is 0. The Morgan fingerprint density at radius 3 is 2.27 bits per heavy atom. The smallest absolute Gasteiger partial charge is 0.416 e. The van der Waals surface area contributed by atoms with E-state index >= 15 is 0 Å². The molecule has 0 aliphatic carbocycles. The van der Waals surface area contributed by atoms with E-state index in [-0.39, 0.29) is 0 Å². The monoisotopic (exact) mass is 310 g/mol. The van der Waals surface area contributed by atoms with Crippen LogP contribution in [0.1, 0.15) is 16.7 Å². The van der Waals surface area contributed by atoms with Gasteiger partial charge in [-0.3, -0.25) is 0 Å². The molecule has 0 aliphatic heterocycles. The fourth-order valence-corrected chi connectivity index (χ4v) is 2.12. The van der Waals surface area contributed by atoms with Gasteiger partial charge in [0.1, 0.15) is 11.5 Å². The van der Waals surface area contributed by atoms with Crippen LogP contribution in [0.2, 0.25) is 0 Å². The molecule has 0 radical (unpaired) electrons. The van der Waals surface area contributed by atoms with Gasteiger partial charge in [0.05, 0.1) is 19.3 Å². The minimum atomic E-state index is -4.33. The third-order valence-corrected chi connectivity index (χ3v) is 3.26. The minimum absolute atomic E-state index is 0.366. The lowest BCUT2D eigenvalue weighted by atomic mass is 10.1. The van der Waals surface area contributed by atoms with Crippen LogP contribution in [0.15, 0.2) is 42.5 Å². The molecule has 0 amide bonds. The molecule has 22 heavy (non-hydrogen) atoms. The molecule has 0 saturated carbocycles. The first-order chi connectivity index (χ1) is 10.4.